The molecule has 1 heterocycles. The van der Waals surface area contributed by atoms with E-state index in [1.54, 1.807) is 60.7 Å². The van der Waals surface area contributed by atoms with Crippen molar-refractivity contribution < 1.29 is 17.6 Å². The van der Waals surface area contributed by atoms with Gasteiger partial charge in [0, 0.05) is 11.4 Å². The monoisotopic (exact) mass is 356 g/mol. The van der Waals surface area contributed by atoms with Crippen LogP contribution in [-0.2, 0) is 10.0 Å². The van der Waals surface area contributed by atoms with Crippen molar-refractivity contribution in [3.63, 3.8) is 0 Å². The molecule has 7 heteroatoms. The second-order valence-electron chi connectivity index (χ2n) is 5.43. The zero-order chi connectivity index (χ0) is 17.9. The fourth-order valence-electron chi connectivity index (χ4n) is 2.15. The molecule has 25 heavy (non-hydrogen) atoms. The van der Waals surface area contributed by atoms with Crippen molar-refractivity contribution in [2.24, 2.45) is 0 Å². The molecule has 2 aromatic carbocycles. The van der Waals surface area contributed by atoms with Gasteiger partial charge in [0.25, 0.3) is 15.9 Å². The first-order valence-electron chi connectivity index (χ1n) is 7.48. The van der Waals surface area contributed by atoms with Gasteiger partial charge in [0.15, 0.2) is 5.76 Å². The number of anilines is 2. The maximum atomic E-state index is 12.3. The van der Waals surface area contributed by atoms with E-state index in [4.69, 9.17) is 4.42 Å². The first kappa shape index (κ1) is 16.8. The van der Waals surface area contributed by atoms with Crippen molar-refractivity contribution in [2.75, 3.05) is 10.0 Å². The summed E-state index contributed by atoms with van der Waals surface area (Å²) in [5.41, 5.74) is 1.91. The lowest BCUT2D eigenvalue weighted by atomic mass is 10.2. The summed E-state index contributed by atoms with van der Waals surface area (Å²) >= 11 is 0. The molecular formula is C18H16N2O4S. The van der Waals surface area contributed by atoms with Crippen LogP contribution in [-0.4, -0.2) is 14.3 Å². The molecule has 0 unspecified atom stereocenters. The Balaban J connectivity index is 1.70. The second-order valence-corrected chi connectivity index (χ2v) is 7.11. The molecule has 0 saturated carbocycles. The molecule has 1 aromatic heterocycles. The number of benzene rings is 2. The van der Waals surface area contributed by atoms with Gasteiger partial charge in [0.05, 0.1) is 11.2 Å². The second kappa shape index (κ2) is 6.82. The van der Waals surface area contributed by atoms with Crippen molar-refractivity contribution in [3.05, 3.63) is 78.3 Å². The molecule has 0 aliphatic rings. The van der Waals surface area contributed by atoms with Crippen molar-refractivity contribution >= 4 is 27.3 Å². The van der Waals surface area contributed by atoms with Gasteiger partial charge in [-0.1, -0.05) is 17.7 Å². The first-order chi connectivity index (χ1) is 11.9. The van der Waals surface area contributed by atoms with Crippen LogP contribution in [0.25, 0.3) is 0 Å². The van der Waals surface area contributed by atoms with Gasteiger partial charge in [0.1, 0.15) is 0 Å². The molecule has 0 fully saturated rings. The molecule has 0 spiro atoms. The van der Waals surface area contributed by atoms with Gasteiger partial charge in [0.2, 0.25) is 0 Å². The molecular weight excluding hydrogens is 340 g/mol. The molecule has 2 N–H and O–H groups in total. The van der Waals surface area contributed by atoms with E-state index in [0.717, 1.165) is 5.56 Å². The lowest BCUT2D eigenvalue weighted by Gasteiger charge is -2.09. The zero-order valence-electron chi connectivity index (χ0n) is 13.4. The molecule has 0 aliphatic heterocycles. The van der Waals surface area contributed by atoms with E-state index >= 15 is 0 Å². The third-order valence-corrected chi connectivity index (χ3v) is 4.87. The Labute approximate surface area is 145 Å². The molecule has 6 nitrogen and oxygen atoms in total. The molecule has 0 saturated heterocycles. The largest absolute Gasteiger partial charge is 0.459 e. The van der Waals surface area contributed by atoms with Crippen LogP contribution in [0.4, 0.5) is 11.4 Å². The third kappa shape index (κ3) is 4.07. The fourth-order valence-corrected chi connectivity index (χ4v) is 3.21. The number of nitrogens with one attached hydrogen (secondary N) is 2. The average molecular weight is 356 g/mol. The number of hydrogen-bond donors (Lipinski definition) is 2. The van der Waals surface area contributed by atoms with Gasteiger partial charge in [-0.25, -0.2) is 8.42 Å². The topological polar surface area (TPSA) is 88.4 Å². The van der Waals surface area contributed by atoms with Crippen LogP contribution in [0.1, 0.15) is 16.1 Å². The number of carbonyl (C=O) groups is 1. The number of amides is 1. The summed E-state index contributed by atoms with van der Waals surface area (Å²) in [7, 11) is -3.65. The summed E-state index contributed by atoms with van der Waals surface area (Å²) in [5.74, 6) is -0.179. The number of sulfonamides is 1. The molecule has 0 atom stereocenters. The Morgan fingerprint density at radius 3 is 2.16 bits per heavy atom. The number of rotatable bonds is 5. The maximum absolute atomic E-state index is 12.3. The highest BCUT2D eigenvalue weighted by Gasteiger charge is 2.14. The summed E-state index contributed by atoms with van der Waals surface area (Å²) in [4.78, 5) is 12.1. The Kier molecular flexibility index (Phi) is 4.58. The highest BCUT2D eigenvalue weighted by atomic mass is 32.2. The number of furan rings is 1. The molecule has 128 valence electrons. The molecule has 3 aromatic rings. The first-order valence-corrected chi connectivity index (χ1v) is 8.97. The van der Waals surface area contributed by atoms with Gasteiger partial charge in [-0.15, -0.1) is 0 Å². The van der Waals surface area contributed by atoms with E-state index in [-0.39, 0.29) is 16.6 Å². The standard InChI is InChI=1S/C18H16N2O4S/c1-13-4-10-16(11-5-13)25(22,23)20-15-8-6-14(7-9-15)19-18(21)17-3-2-12-24-17/h2-12,20H,1H3,(H,19,21). The van der Waals surface area contributed by atoms with Crippen molar-refractivity contribution in [2.45, 2.75) is 11.8 Å². The van der Waals surface area contributed by atoms with Crippen LogP contribution in [0, 0.1) is 6.92 Å². The van der Waals surface area contributed by atoms with Crippen molar-refractivity contribution in [3.8, 4) is 0 Å². The Hall–Kier alpha value is -3.06. The van der Waals surface area contributed by atoms with Gasteiger partial charge < -0.3 is 9.73 Å². The van der Waals surface area contributed by atoms with Gasteiger partial charge in [-0.05, 0) is 55.5 Å². The van der Waals surface area contributed by atoms with Gasteiger partial charge >= 0.3 is 0 Å². The minimum atomic E-state index is -3.65. The molecule has 1 amide bonds. The highest BCUT2D eigenvalue weighted by Crippen LogP contribution is 2.19. The van der Waals surface area contributed by atoms with Crippen LogP contribution in [0.15, 0.2) is 76.2 Å². The predicted octanol–water partition coefficient (Wildman–Crippen LogP) is 3.64. The van der Waals surface area contributed by atoms with Gasteiger partial charge in [-0.2, -0.15) is 0 Å². The SMILES string of the molecule is Cc1ccc(S(=O)(=O)Nc2ccc(NC(=O)c3ccco3)cc2)cc1. The van der Waals surface area contributed by atoms with Gasteiger partial charge in [-0.3, -0.25) is 9.52 Å². The Morgan fingerprint density at radius 2 is 1.56 bits per heavy atom. The van der Waals surface area contributed by atoms with Crippen molar-refractivity contribution in [1.29, 1.82) is 0 Å². The van der Waals surface area contributed by atoms with E-state index < -0.39 is 10.0 Å². The third-order valence-electron chi connectivity index (χ3n) is 3.47. The minimum Gasteiger partial charge on any atom is -0.459 e. The Bertz CT molecular complexity index is 961. The average Bonchev–Trinajstić information content (AvgIpc) is 3.11. The maximum Gasteiger partial charge on any atom is 0.291 e. The zero-order valence-corrected chi connectivity index (χ0v) is 14.2. The van der Waals surface area contributed by atoms with Crippen molar-refractivity contribution in [1.82, 2.24) is 0 Å². The molecule has 0 radical (unpaired) electrons. The van der Waals surface area contributed by atoms with Crippen LogP contribution in [0.3, 0.4) is 0 Å². The summed E-state index contributed by atoms with van der Waals surface area (Å²) in [6.45, 7) is 1.89. The van der Waals surface area contributed by atoms with E-state index in [0.29, 0.717) is 11.4 Å². The van der Waals surface area contributed by atoms with E-state index in [2.05, 4.69) is 10.0 Å². The highest BCUT2D eigenvalue weighted by molar-refractivity contribution is 7.92. The number of aryl methyl sites for hydroxylation is 1. The lowest BCUT2D eigenvalue weighted by Crippen LogP contribution is -2.13. The van der Waals surface area contributed by atoms with E-state index in [1.165, 1.54) is 6.26 Å². The number of hydrogen-bond acceptors (Lipinski definition) is 4. The molecule has 3 rings (SSSR count). The number of carbonyl (C=O) groups excluding carboxylic acids is 1. The molecule has 0 aliphatic carbocycles. The summed E-state index contributed by atoms with van der Waals surface area (Å²) in [6, 6.07) is 16.1. The van der Waals surface area contributed by atoms with Crippen LogP contribution < -0.4 is 10.0 Å². The summed E-state index contributed by atoms with van der Waals surface area (Å²) < 4.78 is 32.2. The quantitative estimate of drug-likeness (QED) is 0.730. The predicted molar refractivity (Wildman–Crippen MR) is 95.1 cm³/mol. The summed E-state index contributed by atoms with van der Waals surface area (Å²) in [5, 5.41) is 2.66. The smallest absolute Gasteiger partial charge is 0.291 e. The Morgan fingerprint density at radius 1 is 0.920 bits per heavy atom. The normalized spacial score (nSPS) is 11.1. The van der Waals surface area contributed by atoms with Crippen LogP contribution >= 0.6 is 0 Å². The lowest BCUT2D eigenvalue weighted by molar-refractivity contribution is 0.0996. The summed E-state index contributed by atoms with van der Waals surface area (Å²) in [6.07, 6.45) is 1.41. The van der Waals surface area contributed by atoms with E-state index in [1.807, 2.05) is 6.92 Å². The van der Waals surface area contributed by atoms with Crippen LogP contribution in [0.5, 0.6) is 0 Å². The fraction of sp³-hybridized carbons (Fsp3) is 0.0556. The van der Waals surface area contributed by atoms with Crippen LogP contribution in [0.2, 0.25) is 0 Å². The molecule has 0 bridgehead atoms. The minimum absolute atomic E-state index is 0.188. The van der Waals surface area contributed by atoms with E-state index in [9.17, 15) is 13.2 Å².